The Bertz CT molecular complexity index is 1730. The first-order valence-electron chi connectivity index (χ1n) is 13.3. The van der Waals surface area contributed by atoms with E-state index in [4.69, 9.17) is 0 Å². The molecular weight excluding hydrogens is 633 g/mol. The second-order valence-electron chi connectivity index (χ2n) is 9.57. The molecule has 0 amide bonds. The van der Waals surface area contributed by atoms with Crippen molar-refractivity contribution in [1.29, 1.82) is 0 Å². The fourth-order valence-corrected chi connectivity index (χ4v) is 6.21. The predicted molar refractivity (Wildman–Crippen MR) is 183 cm³/mol. The van der Waals surface area contributed by atoms with Crippen LogP contribution in [0.1, 0.15) is 20.8 Å². The van der Waals surface area contributed by atoms with Gasteiger partial charge in [-0.2, -0.15) is 0 Å². The summed E-state index contributed by atoms with van der Waals surface area (Å²) in [6.07, 6.45) is 5.27. The smallest absolute Gasteiger partial charge is 0.150 e. The highest BCUT2D eigenvalue weighted by molar-refractivity contribution is 14.1. The molecule has 0 saturated carbocycles. The topological polar surface area (TPSA) is 20.3 Å². The minimum absolute atomic E-state index is 0.685. The van der Waals surface area contributed by atoms with Gasteiger partial charge >= 0.3 is 0 Å². The average molecular weight is 660 g/mol. The summed E-state index contributed by atoms with van der Waals surface area (Å²) in [6, 6.07) is 48.3. The second kappa shape index (κ2) is 12.5. The molecule has 4 heteroatoms. The van der Waals surface area contributed by atoms with Gasteiger partial charge in [-0.15, -0.1) is 11.3 Å². The molecule has 41 heavy (non-hydrogen) atoms. The van der Waals surface area contributed by atoms with Gasteiger partial charge in [0.25, 0.3) is 0 Å². The van der Waals surface area contributed by atoms with Crippen LogP contribution >= 0.6 is 33.9 Å². The zero-order valence-corrected chi connectivity index (χ0v) is 25.1. The summed E-state index contributed by atoms with van der Waals surface area (Å²) in [5.41, 5.74) is 8.67. The second-order valence-corrected chi connectivity index (χ2v) is 11.9. The normalized spacial score (nSPS) is 11.0. The van der Waals surface area contributed by atoms with E-state index < -0.39 is 0 Å². The van der Waals surface area contributed by atoms with Crippen LogP contribution in [0.2, 0.25) is 0 Å². The molecule has 0 bridgehead atoms. The van der Waals surface area contributed by atoms with Crippen molar-refractivity contribution in [2.75, 3.05) is 4.90 Å². The highest BCUT2D eigenvalue weighted by Crippen LogP contribution is 2.39. The number of anilines is 3. The lowest BCUT2D eigenvalue weighted by Crippen LogP contribution is -2.09. The van der Waals surface area contributed by atoms with Crippen LogP contribution in [0.4, 0.5) is 17.1 Å². The molecule has 6 rings (SSSR count). The first kappa shape index (κ1) is 26.9. The number of rotatable bonds is 8. The molecular formula is C37H26INOS. The Kier molecular flexibility index (Phi) is 8.21. The summed E-state index contributed by atoms with van der Waals surface area (Å²) in [4.78, 5) is 15.8. The number of benzene rings is 5. The molecule has 0 N–H and O–H groups in total. The van der Waals surface area contributed by atoms with Gasteiger partial charge in [0.05, 0.1) is 0 Å². The Morgan fingerprint density at radius 2 is 1.10 bits per heavy atom. The van der Waals surface area contributed by atoms with Gasteiger partial charge < -0.3 is 4.90 Å². The van der Waals surface area contributed by atoms with E-state index in [1.807, 2.05) is 36.4 Å². The first-order valence-corrected chi connectivity index (χ1v) is 15.2. The van der Waals surface area contributed by atoms with Crippen molar-refractivity contribution < 1.29 is 4.79 Å². The van der Waals surface area contributed by atoms with E-state index in [2.05, 4.69) is 143 Å². The van der Waals surface area contributed by atoms with Gasteiger partial charge in [-0.1, -0.05) is 91.0 Å². The highest BCUT2D eigenvalue weighted by Gasteiger charge is 2.13. The quantitative estimate of drug-likeness (QED) is 0.120. The van der Waals surface area contributed by atoms with Crippen molar-refractivity contribution in [3.63, 3.8) is 0 Å². The zero-order valence-electron chi connectivity index (χ0n) is 22.2. The Hall–Kier alpha value is -4.26. The number of carbonyl (C=O) groups excluding carboxylic acids is 1. The maximum Gasteiger partial charge on any atom is 0.150 e. The predicted octanol–water partition coefficient (Wildman–Crippen LogP) is 11.1. The van der Waals surface area contributed by atoms with Gasteiger partial charge in [-0.25, -0.2) is 0 Å². The van der Waals surface area contributed by atoms with Gasteiger partial charge in [0.15, 0.2) is 0 Å². The van der Waals surface area contributed by atoms with Gasteiger partial charge in [0.1, 0.15) is 6.29 Å². The summed E-state index contributed by atoms with van der Waals surface area (Å²) in [5.74, 6) is 0. The number of carbonyl (C=O) groups is 1. The van der Waals surface area contributed by atoms with Gasteiger partial charge in [-0.05, 0) is 100.0 Å². The van der Waals surface area contributed by atoms with Crippen LogP contribution < -0.4 is 4.90 Å². The summed E-state index contributed by atoms with van der Waals surface area (Å²) in [5, 5.41) is 0. The van der Waals surface area contributed by atoms with Crippen LogP contribution in [0, 0.1) is 3.57 Å². The third-order valence-electron chi connectivity index (χ3n) is 6.85. The van der Waals surface area contributed by atoms with Gasteiger partial charge in [0.2, 0.25) is 0 Å². The maximum absolute atomic E-state index is 11.1. The largest absolute Gasteiger partial charge is 0.311 e. The highest BCUT2D eigenvalue weighted by atomic mass is 127. The molecule has 2 nitrogen and oxygen atoms in total. The molecule has 0 saturated heterocycles. The lowest BCUT2D eigenvalue weighted by Gasteiger charge is -2.25. The van der Waals surface area contributed by atoms with Crippen molar-refractivity contribution in [2.24, 2.45) is 0 Å². The Morgan fingerprint density at radius 3 is 1.68 bits per heavy atom. The number of nitrogens with zero attached hydrogens (tertiary/aromatic N) is 1. The number of thiophene rings is 1. The average Bonchev–Trinajstić information content (AvgIpc) is 3.46. The molecule has 0 unspecified atom stereocenters. The SMILES string of the molecule is O=Cc1ccc(-c2cc(-c3ccc(I)cc3)c(/C=C/c3ccc(N(c4ccccc4)c4ccccc4)cc3)s2)cc1. The minimum atomic E-state index is 0.685. The fourth-order valence-electron chi connectivity index (χ4n) is 4.76. The van der Waals surface area contributed by atoms with Crippen molar-refractivity contribution >= 4 is 69.4 Å². The fraction of sp³-hybridized carbons (Fsp3) is 0. The molecule has 0 radical (unpaired) electrons. The van der Waals surface area contributed by atoms with E-state index in [-0.39, 0.29) is 0 Å². The van der Waals surface area contributed by atoms with Crippen LogP contribution in [0.3, 0.4) is 0 Å². The number of para-hydroxylation sites is 2. The third-order valence-corrected chi connectivity index (χ3v) is 8.72. The van der Waals surface area contributed by atoms with E-state index in [0.29, 0.717) is 5.56 Å². The lowest BCUT2D eigenvalue weighted by atomic mass is 10.0. The minimum Gasteiger partial charge on any atom is -0.311 e. The molecule has 0 aliphatic rings. The summed E-state index contributed by atoms with van der Waals surface area (Å²) < 4.78 is 1.21. The van der Waals surface area contributed by atoms with E-state index in [1.54, 1.807) is 11.3 Å². The third kappa shape index (κ3) is 6.24. The Labute approximate surface area is 258 Å². The van der Waals surface area contributed by atoms with E-state index in [1.165, 1.54) is 24.5 Å². The molecule has 0 aliphatic carbocycles. The summed E-state index contributed by atoms with van der Waals surface area (Å²) in [6.45, 7) is 0. The van der Waals surface area contributed by atoms with E-state index in [9.17, 15) is 4.79 Å². The van der Waals surface area contributed by atoms with Gasteiger partial charge in [0, 0.05) is 41.5 Å². The summed E-state index contributed by atoms with van der Waals surface area (Å²) >= 11 is 4.10. The molecule has 198 valence electrons. The molecule has 0 spiro atoms. The Balaban J connectivity index is 1.33. The molecule has 0 atom stereocenters. The number of hydrogen-bond acceptors (Lipinski definition) is 3. The molecule has 0 fully saturated rings. The van der Waals surface area contributed by atoms with Crippen LogP contribution in [-0.4, -0.2) is 6.29 Å². The molecule has 1 aromatic heterocycles. The van der Waals surface area contributed by atoms with Crippen molar-refractivity contribution in [1.82, 2.24) is 0 Å². The molecule has 0 aliphatic heterocycles. The van der Waals surface area contributed by atoms with E-state index >= 15 is 0 Å². The van der Waals surface area contributed by atoms with Crippen molar-refractivity contribution in [3.05, 3.63) is 159 Å². The van der Waals surface area contributed by atoms with Crippen LogP contribution in [-0.2, 0) is 0 Å². The monoisotopic (exact) mass is 659 g/mol. The van der Waals surface area contributed by atoms with Crippen LogP contribution in [0.5, 0.6) is 0 Å². The molecule has 5 aromatic carbocycles. The van der Waals surface area contributed by atoms with Crippen LogP contribution in [0.15, 0.2) is 140 Å². The van der Waals surface area contributed by atoms with Crippen LogP contribution in [0.25, 0.3) is 33.7 Å². The number of aldehydes is 1. The molecule has 6 aromatic rings. The van der Waals surface area contributed by atoms with Crippen molar-refractivity contribution in [2.45, 2.75) is 0 Å². The summed E-state index contributed by atoms with van der Waals surface area (Å²) in [7, 11) is 0. The van der Waals surface area contributed by atoms with Gasteiger partial charge in [-0.3, -0.25) is 4.79 Å². The maximum atomic E-state index is 11.1. The van der Waals surface area contributed by atoms with E-state index in [0.717, 1.165) is 34.5 Å². The Morgan fingerprint density at radius 1 is 0.561 bits per heavy atom. The number of halogens is 1. The lowest BCUT2D eigenvalue weighted by molar-refractivity contribution is 0.112. The molecule has 1 heterocycles. The standard InChI is InChI=1S/C37H26INOS/c38-31-20-18-29(19-21-31)35-25-37(30-16-11-28(26-40)12-17-30)41-36(35)24-15-27-13-22-34(23-14-27)39(32-7-3-1-4-8-32)33-9-5-2-6-10-33/h1-26H/b24-15+. The van der Waals surface area contributed by atoms with Crippen molar-refractivity contribution in [3.8, 4) is 21.6 Å². The zero-order chi connectivity index (χ0) is 28.0. The first-order chi connectivity index (χ1) is 20.2. The number of hydrogen-bond donors (Lipinski definition) is 0.